The summed E-state index contributed by atoms with van der Waals surface area (Å²) in [5, 5.41) is 2.29. The normalized spacial score (nSPS) is 11.3. The maximum Gasteiger partial charge on any atom is 0.332 e. The molecule has 0 unspecified atom stereocenters. The fourth-order valence-electron chi connectivity index (χ4n) is 1.67. The average Bonchev–Trinajstić information content (AvgIpc) is 2.31. The van der Waals surface area contributed by atoms with Crippen LogP contribution in [-0.4, -0.2) is 22.1 Å². The molecule has 0 radical (unpaired) electrons. The van der Waals surface area contributed by atoms with Gasteiger partial charge in [-0.25, -0.2) is 13.6 Å². The minimum atomic E-state index is -2.62. The molecule has 0 saturated heterocycles. The Labute approximate surface area is 108 Å². The Morgan fingerprint density at radius 3 is 2.37 bits per heavy atom. The minimum Gasteiger partial charge on any atom is -0.383 e. The lowest BCUT2D eigenvalue weighted by Crippen LogP contribution is -2.41. The van der Waals surface area contributed by atoms with Gasteiger partial charge in [-0.15, -0.1) is 0 Å². The van der Waals surface area contributed by atoms with E-state index in [4.69, 9.17) is 5.73 Å². The number of nitrogens with zero attached hydrogens (tertiary/aromatic N) is 2. The standard InChI is InChI=1S/C11H18F2N4O2/c1-6(2)5-17-9(14)8(15-4-7(12)13)10(18)16(3)11(17)19/h6-7,15H,4-5,14H2,1-3H3. The van der Waals surface area contributed by atoms with Gasteiger partial charge in [0.05, 0.1) is 6.54 Å². The molecule has 0 aromatic carbocycles. The predicted molar refractivity (Wildman–Crippen MR) is 69.7 cm³/mol. The van der Waals surface area contributed by atoms with Gasteiger partial charge in [-0.2, -0.15) is 0 Å². The number of alkyl halides is 2. The van der Waals surface area contributed by atoms with E-state index in [-0.39, 0.29) is 17.4 Å². The lowest BCUT2D eigenvalue weighted by molar-refractivity contribution is 0.163. The topological polar surface area (TPSA) is 82.0 Å². The van der Waals surface area contributed by atoms with Crippen LogP contribution in [0.3, 0.4) is 0 Å². The van der Waals surface area contributed by atoms with Crippen molar-refractivity contribution in [1.82, 2.24) is 9.13 Å². The van der Waals surface area contributed by atoms with Gasteiger partial charge in [0.2, 0.25) is 0 Å². The molecule has 6 nitrogen and oxygen atoms in total. The first-order chi connectivity index (χ1) is 8.75. The van der Waals surface area contributed by atoms with E-state index < -0.39 is 24.2 Å². The Bertz CT molecular complexity index is 563. The summed E-state index contributed by atoms with van der Waals surface area (Å²) in [4.78, 5) is 23.7. The van der Waals surface area contributed by atoms with E-state index in [1.54, 1.807) is 0 Å². The van der Waals surface area contributed by atoms with E-state index >= 15 is 0 Å². The highest BCUT2D eigenvalue weighted by Gasteiger charge is 2.16. The lowest BCUT2D eigenvalue weighted by atomic mass is 10.2. The Hall–Kier alpha value is -1.86. The fourth-order valence-corrected chi connectivity index (χ4v) is 1.67. The zero-order chi connectivity index (χ0) is 14.7. The first-order valence-electron chi connectivity index (χ1n) is 5.87. The van der Waals surface area contributed by atoms with Crippen LogP contribution in [-0.2, 0) is 13.6 Å². The van der Waals surface area contributed by atoms with Crippen LogP contribution in [0, 0.1) is 5.92 Å². The Morgan fingerprint density at radius 2 is 1.89 bits per heavy atom. The summed E-state index contributed by atoms with van der Waals surface area (Å²) >= 11 is 0. The van der Waals surface area contributed by atoms with E-state index in [0.717, 1.165) is 4.57 Å². The number of anilines is 2. The molecule has 8 heteroatoms. The second kappa shape index (κ2) is 5.85. The second-order valence-electron chi connectivity index (χ2n) is 4.68. The monoisotopic (exact) mass is 276 g/mol. The van der Waals surface area contributed by atoms with Gasteiger partial charge in [0.1, 0.15) is 11.5 Å². The molecular weight excluding hydrogens is 258 g/mol. The van der Waals surface area contributed by atoms with Crippen LogP contribution in [0.25, 0.3) is 0 Å². The summed E-state index contributed by atoms with van der Waals surface area (Å²) < 4.78 is 26.4. The smallest absolute Gasteiger partial charge is 0.332 e. The molecule has 108 valence electrons. The van der Waals surface area contributed by atoms with Crippen molar-refractivity contribution in [2.75, 3.05) is 17.6 Å². The summed E-state index contributed by atoms with van der Waals surface area (Å²) in [5.41, 5.74) is 4.30. The van der Waals surface area contributed by atoms with Gasteiger partial charge in [-0.3, -0.25) is 13.9 Å². The van der Waals surface area contributed by atoms with Crippen LogP contribution >= 0.6 is 0 Å². The van der Waals surface area contributed by atoms with E-state index in [9.17, 15) is 18.4 Å². The molecule has 0 aliphatic carbocycles. The third-order valence-corrected chi connectivity index (χ3v) is 2.56. The van der Waals surface area contributed by atoms with Crippen molar-refractivity contribution in [2.24, 2.45) is 13.0 Å². The molecule has 0 saturated carbocycles. The van der Waals surface area contributed by atoms with Gasteiger partial charge in [0, 0.05) is 13.6 Å². The molecule has 1 rings (SSSR count). The van der Waals surface area contributed by atoms with Gasteiger partial charge in [0.25, 0.3) is 12.0 Å². The maximum absolute atomic E-state index is 12.2. The van der Waals surface area contributed by atoms with E-state index in [2.05, 4.69) is 5.32 Å². The van der Waals surface area contributed by atoms with E-state index in [1.165, 1.54) is 11.6 Å². The fraction of sp³-hybridized carbons (Fsp3) is 0.636. The highest BCUT2D eigenvalue weighted by molar-refractivity contribution is 5.60. The van der Waals surface area contributed by atoms with E-state index in [0.29, 0.717) is 6.54 Å². The van der Waals surface area contributed by atoms with Gasteiger partial charge >= 0.3 is 5.69 Å². The van der Waals surface area contributed by atoms with Crippen molar-refractivity contribution in [3.05, 3.63) is 20.8 Å². The number of aromatic nitrogens is 2. The van der Waals surface area contributed by atoms with Crippen LogP contribution in [0.1, 0.15) is 13.8 Å². The quantitative estimate of drug-likeness (QED) is 0.818. The molecule has 1 aromatic rings. The van der Waals surface area contributed by atoms with Gasteiger partial charge in [-0.05, 0) is 5.92 Å². The molecule has 0 aliphatic heterocycles. The van der Waals surface area contributed by atoms with Crippen molar-refractivity contribution in [3.8, 4) is 0 Å². The SMILES string of the molecule is CC(C)Cn1c(N)c(NCC(F)F)c(=O)n(C)c1=O. The summed E-state index contributed by atoms with van der Waals surface area (Å²) in [6, 6.07) is 0. The molecule has 0 aliphatic rings. The Morgan fingerprint density at radius 1 is 1.32 bits per heavy atom. The molecule has 3 N–H and O–H groups in total. The third-order valence-electron chi connectivity index (χ3n) is 2.56. The van der Waals surface area contributed by atoms with Gasteiger partial charge < -0.3 is 11.1 Å². The van der Waals surface area contributed by atoms with Crippen molar-refractivity contribution >= 4 is 11.5 Å². The number of nitrogens with one attached hydrogen (secondary N) is 1. The maximum atomic E-state index is 12.2. The predicted octanol–water partition coefficient (Wildman–Crippen LogP) is 0.462. The number of halogens is 2. The summed E-state index contributed by atoms with van der Waals surface area (Å²) in [5.74, 6) is 0.0166. The molecule has 0 spiro atoms. The number of hydrogen-bond donors (Lipinski definition) is 2. The largest absolute Gasteiger partial charge is 0.383 e. The molecule has 1 aromatic heterocycles. The second-order valence-corrected chi connectivity index (χ2v) is 4.68. The van der Waals surface area contributed by atoms with Crippen LogP contribution in [0.5, 0.6) is 0 Å². The van der Waals surface area contributed by atoms with Crippen LogP contribution in [0.15, 0.2) is 9.59 Å². The zero-order valence-electron chi connectivity index (χ0n) is 11.1. The number of hydrogen-bond acceptors (Lipinski definition) is 4. The first kappa shape index (κ1) is 15.2. The van der Waals surface area contributed by atoms with Crippen LogP contribution in [0.2, 0.25) is 0 Å². The molecule has 0 atom stereocenters. The third kappa shape index (κ3) is 3.33. The molecule has 19 heavy (non-hydrogen) atoms. The van der Waals surface area contributed by atoms with Gasteiger partial charge in [0.15, 0.2) is 0 Å². The summed E-state index contributed by atoms with van der Waals surface area (Å²) in [6.45, 7) is 3.37. The van der Waals surface area contributed by atoms with Gasteiger partial charge in [-0.1, -0.05) is 13.8 Å². The summed E-state index contributed by atoms with van der Waals surface area (Å²) in [6.07, 6.45) is -2.62. The van der Waals surface area contributed by atoms with Crippen molar-refractivity contribution in [2.45, 2.75) is 26.8 Å². The molecule has 0 amide bonds. The Balaban J connectivity index is 3.35. The average molecular weight is 276 g/mol. The highest BCUT2D eigenvalue weighted by Crippen LogP contribution is 2.12. The van der Waals surface area contributed by atoms with Crippen LogP contribution in [0.4, 0.5) is 20.3 Å². The van der Waals surface area contributed by atoms with Crippen LogP contribution < -0.4 is 22.3 Å². The highest BCUT2D eigenvalue weighted by atomic mass is 19.3. The first-order valence-corrected chi connectivity index (χ1v) is 5.87. The number of nitrogens with two attached hydrogens (primary N) is 1. The van der Waals surface area contributed by atoms with Crippen molar-refractivity contribution in [1.29, 1.82) is 0 Å². The van der Waals surface area contributed by atoms with Crippen molar-refractivity contribution < 1.29 is 8.78 Å². The minimum absolute atomic E-state index is 0.109. The zero-order valence-corrected chi connectivity index (χ0v) is 11.1. The van der Waals surface area contributed by atoms with Crippen molar-refractivity contribution in [3.63, 3.8) is 0 Å². The molecular formula is C11H18F2N4O2. The number of nitrogen functional groups attached to an aromatic ring is 1. The lowest BCUT2D eigenvalue weighted by Gasteiger charge is -2.17. The Kier molecular flexibility index (Phi) is 4.68. The molecule has 1 heterocycles. The number of rotatable bonds is 5. The van der Waals surface area contributed by atoms with E-state index in [1.807, 2.05) is 13.8 Å². The summed E-state index contributed by atoms with van der Waals surface area (Å²) in [7, 11) is 1.29. The molecule has 0 fully saturated rings. The molecule has 0 bridgehead atoms.